The van der Waals surface area contributed by atoms with Crippen molar-refractivity contribution >= 4 is 17.5 Å². The summed E-state index contributed by atoms with van der Waals surface area (Å²) in [6.07, 6.45) is 0.829. The lowest BCUT2D eigenvalue weighted by Crippen LogP contribution is -2.09. The molecule has 0 heterocycles. The van der Waals surface area contributed by atoms with E-state index in [-0.39, 0.29) is 11.7 Å². The number of ether oxygens (including phenoxy) is 2. The van der Waals surface area contributed by atoms with Crippen LogP contribution < -0.4 is 4.74 Å². The second-order valence-electron chi connectivity index (χ2n) is 5.54. The summed E-state index contributed by atoms with van der Waals surface area (Å²) in [5, 5.41) is 8.88. The van der Waals surface area contributed by atoms with Crippen LogP contribution in [0.15, 0.2) is 54.6 Å². The number of methoxy groups -OCH3 is 1. The standard InChI is InChI=1S/C20H20O5/c1-13(11-19(21)22)16-9-10-18(17(12-16)20(23)24-3)25-14(2)15-7-5-4-6-8-15/h4-12,14H,1-3H3,(H,21,22). The predicted molar refractivity (Wildman–Crippen MR) is 94.6 cm³/mol. The molecule has 2 aromatic carbocycles. The average Bonchev–Trinajstić information content (AvgIpc) is 2.61. The third-order valence-corrected chi connectivity index (χ3v) is 3.75. The van der Waals surface area contributed by atoms with Gasteiger partial charge in [-0.2, -0.15) is 0 Å². The van der Waals surface area contributed by atoms with Gasteiger partial charge < -0.3 is 14.6 Å². The van der Waals surface area contributed by atoms with Gasteiger partial charge in [-0.1, -0.05) is 36.4 Å². The largest absolute Gasteiger partial charge is 0.485 e. The number of carboxylic acids is 1. The summed E-state index contributed by atoms with van der Waals surface area (Å²) >= 11 is 0. The van der Waals surface area contributed by atoms with Crippen LogP contribution in [0.3, 0.4) is 0 Å². The zero-order valence-electron chi connectivity index (χ0n) is 14.4. The molecular formula is C20H20O5. The average molecular weight is 340 g/mol. The van der Waals surface area contributed by atoms with Gasteiger partial charge in [0.05, 0.1) is 7.11 Å². The van der Waals surface area contributed by atoms with E-state index in [1.54, 1.807) is 25.1 Å². The highest BCUT2D eigenvalue weighted by Gasteiger charge is 2.17. The van der Waals surface area contributed by atoms with Crippen molar-refractivity contribution in [1.82, 2.24) is 0 Å². The SMILES string of the molecule is COC(=O)c1cc(C(C)=CC(=O)O)ccc1OC(C)c1ccccc1. The fourth-order valence-corrected chi connectivity index (χ4v) is 2.40. The Morgan fingerprint density at radius 3 is 2.40 bits per heavy atom. The van der Waals surface area contributed by atoms with Gasteiger partial charge in [-0.15, -0.1) is 0 Å². The minimum atomic E-state index is -1.05. The zero-order chi connectivity index (χ0) is 18.4. The van der Waals surface area contributed by atoms with E-state index in [9.17, 15) is 9.59 Å². The van der Waals surface area contributed by atoms with Gasteiger partial charge in [-0.25, -0.2) is 9.59 Å². The first-order valence-electron chi connectivity index (χ1n) is 7.78. The maximum Gasteiger partial charge on any atom is 0.341 e. The summed E-state index contributed by atoms with van der Waals surface area (Å²) in [5.41, 5.74) is 2.37. The highest BCUT2D eigenvalue weighted by atomic mass is 16.5. The Kier molecular flexibility index (Phi) is 5.95. The Bertz CT molecular complexity index is 793. The van der Waals surface area contributed by atoms with Crippen molar-refractivity contribution in [2.24, 2.45) is 0 Å². The van der Waals surface area contributed by atoms with Crippen LogP contribution in [0.1, 0.15) is 41.4 Å². The molecule has 0 aliphatic rings. The van der Waals surface area contributed by atoms with Crippen molar-refractivity contribution in [1.29, 1.82) is 0 Å². The van der Waals surface area contributed by atoms with E-state index in [1.807, 2.05) is 37.3 Å². The smallest absolute Gasteiger partial charge is 0.341 e. The monoisotopic (exact) mass is 340 g/mol. The summed E-state index contributed by atoms with van der Waals surface area (Å²) in [7, 11) is 1.29. The topological polar surface area (TPSA) is 72.8 Å². The molecule has 130 valence electrons. The lowest BCUT2D eigenvalue weighted by Gasteiger charge is -2.18. The molecule has 0 aromatic heterocycles. The summed E-state index contributed by atoms with van der Waals surface area (Å²) in [6, 6.07) is 14.6. The van der Waals surface area contributed by atoms with Gasteiger partial charge in [-0.3, -0.25) is 0 Å². The van der Waals surface area contributed by atoms with Gasteiger partial charge in [0.2, 0.25) is 0 Å². The molecule has 5 heteroatoms. The summed E-state index contributed by atoms with van der Waals surface area (Å²) < 4.78 is 10.8. The molecule has 2 rings (SSSR count). The summed E-state index contributed by atoms with van der Waals surface area (Å²) in [6.45, 7) is 3.55. The van der Waals surface area contributed by atoms with Gasteiger partial charge in [-0.05, 0) is 42.7 Å². The minimum Gasteiger partial charge on any atom is -0.485 e. The van der Waals surface area contributed by atoms with Crippen molar-refractivity contribution in [3.05, 3.63) is 71.3 Å². The summed E-state index contributed by atoms with van der Waals surface area (Å²) in [4.78, 5) is 22.9. The third kappa shape index (κ3) is 4.70. The maximum absolute atomic E-state index is 12.1. The molecule has 1 unspecified atom stereocenters. The van der Waals surface area contributed by atoms with Crippen LogP contribution in [0.2, 0.25) is 0 Å². The molecule has 0 bridgehead atoms. The molecule has 1 atom stereocenters. The highest BCUT2D eigenvalue weighted by molar-refractivity contribution is 5.95. The Morgan fingerprint density at radius 2 is 1.80 bits per heavy atom. The van der Waals surface area contributed by atoms with Gasteiger partial charge in [0.1, 0.15) is 17.4 Å². The normalized spacial score (nSPS) is 12.4. The van der Waals surface area contributed by atoms with Crippen molar-refractivity contribution in [3.63, 3.8) is 0 Å². The number of carbonyl (C=O) groups is 2. The number of rotatable bonds is 6. The Morgan fingerprint density at radius 1 is 1.12 bits per heavy atom. The van der Waals surface area contributed by atoms with E-state index < -0.39 is 11.9 Å². The van der Waals surface area contributed by atoms with Gasteiger partial charge in [0.15, 0.2) is 0 Å². The molecule has 0 saturated carbocycles. The van der Waals surface area contributed by atoms with Crippen LogP contribution in [-0.4, -0.2) is 24.2 Å². The molecule has 0 radical (unpaired) electrons. The Labute approximate surface area is 146 Å². The molecule has 0 saturated heterocycles. The molecule has 0 spiro atoms. The number of hydrogen-bond acceptors (Lipinski definition) is 4. The molecule has 2 aromatic rings. The number of carboxylic acid groups (broad SMARTS) is 1. The van der Waals surface area contributed by atoms with Crippen LogP contribution in [0.5, 0.6) is 5.75 Å². The van der Waals surface area contributed by atoms with Crippen LogP contribution in [0.4, 0.5) is 0 Å². The first kappa shape index (κ1) is 18.3. The second-order valence-corrected chi connectivity index (χ2v) is 5.54. The van der Waals surface area contributed by atoms with Crippen LogP contribution in [-0.2, 0) is 9.53 Å². The number of carbonyl (C=O) groups excluding carboxylic acids is 1. The number of hydrogen-bond donors (Lipinski definition) is 1. The first-order chi connectivity index (χ1) is 11.9. The summed E-state index contributed by atoms with van der Waals surface area (Å²) in [5.74, 6) is -1.20. The molecule has 0 aliphatic heterocycles. The van der Waals surface area contributed by atoms with Gasteiger partial charge >= 0.3 is 11.9 Å². The van der Waals surface area contributed by atoms with Crippen LogP contribution in [0, 0.1) is 0 Å². The van der Waals surface area contributed by atoms with Crippen molar-refractivity contribution in [3.8, 4) is 5.75 Å². The van der Waals surface area contributed by atoms with E-state index in [1.165, 1.54) is 7.11 Å². The van der Waals surface area contributed by atoms with E-state index >= 15 is 0 Å². The molecule has 0 fully saturated rings. The Hall–Kier alpha value is -3.08. The number of allylic oxidation sites excluding steroid dienone is 1. The quantitative estimate of drug-likeness (QED) is 0.633. The van der Waals surface area contributed by atoms with E-state index in [2.05, 4.69) is 0 Å². The van der Waals surface area contributed by atoms with Crippen LogP contribution in [0.25, 0.3) is 5.57 Å². The minimum absolute atomic E-state index is 0.251. The Balaban J connectivity index is 2.37. The van der Waals surface area contributed by atoms with Crippen molar-refractivity contribution in [2.45, 2.75) is 20.0 Å². The van der Waals surface area contributed by atoms with Gasteiger partial charge in [0, 0.05) is 6.08 Å². The fourth-order valence-electron chi connectivity index (χ4n) is 2.40. The van der Waals surface area contributed by atoms with Gasteiger partial charge in [0.25, 0.3) is 0 Å². The molecule has 25 heavy (non-hydrogen) atoms. The molecular weight excluding hydrogens is 320 g/mol. The number of benzene rings is 2. The molecule has 1 N–H and O–H groups in total. The maximum atomic E-state index is 12.1. The van der Waals surface area contributed by atoms with E-state index in [0.29, 0.717) is 16.9 Å². The number of esters is 1. The third-order valence-electron chi connectivity index (χ3n) is 3.75. The fraction of sp³-hybridized carbons (Fsp3) is 0.200. The molecule has 0 amide bonds. The molecule has 5 nitrogen and oxygen atoms in total. The second kappa shape index (κ2) is 8.15. The van der Waals surface area contributed by atoms with Crippen LogP contribution >= 0.6 is 0 Å². The van der Waals surface area contributed by atoms with E-state index in [4.69, 9.17) is 14.6 Å². The first-order valence-corrected chi connectivity index (χ1v) is 7.78. The zero-order valence-corrected chi connectivity index (χ0v) is 14.4. The van der Waals surface area contributed by atoms with Crippen molar-refractivity contribution in [2.75, 3.05) is 7.11 Å². The number of aliphatic carboxylic acids is 1. The lowest BCUT2D eigenvalue weighted by molar-refractivity contribution is -0.131. The van der Waals surface area contributed by atoms with Crippen molar-refractivity contribution < 1.29 is 24.2 Å². The predicted octanol–water partition coefficient (Wildman–Crippen LogP) is 4.10. The molecule has 0 aliphatic carbocycles. The highest BCUT2D eigenvalue weighted by Crippen LogP contribution is 2.29. The van der Waals surface area contributed by atoms with E-state index in [0.717, 1.165) is 11.6 Å². The lowest BCUT2D eigenvalue weighted by atomic mass is 10.0.